The third-order valence-electron chi connectivity index (χ3n) is 2.68. The summed E-state index contributed by atoms with van der Waals surface area (Å²) in [5, 5.41) is 0. The van der Waals surface area contributed by atoms with E-state index in [9.17, 15) is 9.59 Å². The lowest BCUT2D eigenvalue weighted by atomic mass is 9.96. The van der Waals surface area contributed by atoms with E-state index < -0.39 is 6.10 Å². The van der Waals surface area contributed by atoms with Gasteiger partial charge in [-0.3, -0.25) is 9.59 Å². The summed E-state index contributed by atoms with van der Waals surface area (Å²) in [6.45, 7) is 1.76. The van der Waals surface area contributed by atoms with Gasteiger partial charge in [0.05, 0.1) is 6.10 Å². The minimum Gasteiger partial charge on any atom is -0.365 e. The molecule has 86 valence electrons. The molecule has 0 aromatic rings. The van der Waals surface area contributed by atoms with Gasteiger partial charge < -0.3 is 9.64 Å². The molecule has 1 rings (SSSR count). The molecule has 4 heteroatoms. The Morgan fingerprint density at radius 3 is 2.40 bits per heavy atom. The third kappa shape index (κ3) is 3.63. The molecule has 4 nitrogen and oxygen atoms in total. The summed E-state index contributed by atoms with van der Waals surface area (Å²) < 4.78 is 5.62. The summed E-state index contributed by atoms with van der Waals surface area (Å²) >= 11 is 0. The lowest BCUT2D eigenvalue weighted by Gasteiger charge is -2.26. The standard InChI is InChI=1S/C11H19NO3/c1-8(11(14)12(2)3)15-10-6-4-9(13)5-7-10/h8,10H,4-7H2,1-3H3. The van der Waals surface area contributed by atoms with Crippen molar-refractivity contribution in [2.75, 3.05) is 14.1 Å². The molecule has 1 saturated carbocycles. The van der Waals surface area contributed by atoms with Gasteiger partial charge in [0.15, 0.2) is 0 Å². The van der Waals surface area contributed by atoms with Crippen LogP contribution in [0.4, 0.5) is 0 Å². The first-order valence-electron chi connectivity index (χ1n) is 5.39. The molecule has 0 aliphatic heterocycles. The van der Waals surface area contributed by atoms with Gasteiger partial charge in [-0.2, -0.15) is 0 Å². The molecule has 0 aromatic heterocycles. The van der Waals surface area contributed by atoms with Crippen LogP contribution < -0.4 is 0 Å². The zero-order valence-corrected chi connectivity index (χ0v) is 9.66. The first-order valence-corrected chi connectivity index (χ1v) is 5.39. The fourth-order valence-corrected chi connectivity index (χ4v) is 1.76. The van der Waals surface area contributed by atoms with Crippen molar-refractivity contribution in [1.29, 1.82) is 0 Å². The van der Waals surface area contributed by atoms with Crippen LogP contribution in [0.2, 0.25) is 0 Å². The Kier molecular flexibility index (Phi) is 4.27. The minimum atomic E-state index is -0.404. The topological polar surface area (TPSA) is 46.6 Å². The number of amides is 1. The SMILES string of the molecule is CC(OC1CCC(=O)CC1)C(=O)N(C)C. The maximum atomic E-state index is 11.5. The van der Waals surface area contributed by atoms with Crippen LogP contribution in [0, 0.1) is 0 Å². The molecule has 0 heterocycles. The van der Waals surface area contributed by atoms with Gasteiger partial charge in [0.1, 0.15) is 11.9 Å². The van der Waals surface area contributed by atoms with E-state index in [2.05, 4.69) is 0 Å². The molecule has 15 heavy (non-hydrogen) atoms. The zero-order valence-electron chi connectivity index (χ0n) is 9.66. The molecule has 1 aliphatic rings. The molecule has 0 bridgehead atoms. The van der Waals surface area contributed by atoms with Crippen molar-refractivity contribution in [2.24, 2.45) is 0 Å². The fraction of sp³-hybridized carbons (Fsp3) is 0.818. The van der Waals surface area contributed by atoms with Crippen molar-refractivity contribution in [2.45, 2.75) is 44.8 Å². The Bertz CT molecular complexity index is 240. The van der Waals surface area contributed by atoms with Gasteiger partial charge in [-0.15, -0.1) is 0 Å². The molecule has 1 amide bonds. The highest BCUT2D eigenvalue weighted by Gasteiger charge is 2.24. The number of carbonyl (C=O) groups excluding carboxylic acids is 2. The normalized spacial score (nSPS) is 20.1. The van der Waals surface area contributed by atoms with Gasteiger partial charge in [0, 0.05) is 26.9 Å². The van der Waals surface area contributed by atoms with Gasteiger partial charge in [0.25, 0.3) is 5.91 Å². The van der Waals surface area contributed by atoms with Crippen molar-refractivity contribution >= 4 is 11.7 Å². The minimum absolute atomic E-state index is 0.0214. The maximum absolute atomic E-state index is 11.5. The number of nitrogens with zero attached hydrogens (tertiary/aromatic N) is 1. The fourth-order valence-electron chi connectivity index (χ4n) is 1.76. The number of ether oxygens (including phenoxy) is 1. The molecular weight excluding hydrogens is 194 g/mol. The van der Waals surface area contributed by atoms with Crippen LogP contribution in [0.3, 0.4) is 0 Å². The van der Waals surface area contributed by atoms with Crippen LogP contribution in [0.25, 0.3) is 0 Å². The molecule has 0 aromatic carbocycles. The average Bonchev–Trinajstić information content (AvgIpc) is 2.20. The first-order chi connectivity index (χ1) is 7.00. The van der Waals surface area contributed by atoms with Gasteiger partial charge >= 0.3 is 0 Å². The van der Waals surface area contributed by atoms with Crippen LogP contribution in [0.15, 0.2) is 0 Å². The monoisotopic (exact) mass is 213 g/mol. The summed E-state index contributed by atoms with van der Waals surface area (Å²) in [6.07, 6.45) is 2.36. The van der Waals surface area contributed by atoms with Crippen molar-refractivity contribution in [3.8, 4) is 0 Å². The number of Topliss-reactive ketones (excluding diaryl/α,β-unsaturated/α-hetero) is 1. The van der Waals surface area contributed by atoms with E-state index in [1.54, 1.807) is 21.0 Å². The summed E-state index contributed by atoms with van der Waals surface area (Å²) in [5.41, 5.74) is 0. The first kappa shape index (κ1) is 12.2. The summed E-state index contributed by atoms with van der Waals surface area (Å²) in [6, 6.07) is 0. The van der Waals surface area contributed by atoms with Gasteiger partial charge in [0.2, 0.25) is 0 Å². The second-order valence-electron chi connectivity index (χ2n) is 4.25. The van der Waals surface area contributed by atoms with E-state index in [-0.39, 0.29) is 12.0 Å². The van der Waals surface area contributed by atoms with E-state index in [0.29, 0.717) is 18.6 Å². The maximum Gasteiger partial charge on any atom is 0.250 e. The van der Waals surface area contributed by atoms with Crippen LogP contribution in [0.5, 0.6) is 0 Å². The van der Waals surface area contributed by atoms with Crippen LogP contribution >= 0.6 is 0 Å². The van der Waals surface area contributed by atoms with E-state index in [4.69, 9.17) is 4.74 Å². The van der Waals surface area contributed by atoms with Crippen molar-refractivity contribution in [3.05, 3.63) is 0 Å². The Balaban J connectivity index is 2.35. The molecule has 1 fully saturated rings. The molecule has 1 atom stereocenters. The summed E-state index contributed by atoms with van der Waals surface area (Å²) in [7, 11) is 3.43. The quantitative estimate of drug-likeness (QED) is 0.702. The van der Waals surface area contributed by atoms with Gasteiger partial charge in [-0.05, 0) is 19.8 Å². The number of carbonyl (C=O) groups is 2. The molecule has 1 aliphatic carbocycles. The predicted octanol–water partition coefficient (Wildman–Crippen LogP) is 0.991. The second kappa shape index (κ2) is 5.26. The zero-order chi connectivity index (χ0) is 11.4. The Hall–Kier alpha value is -0.900. The summed E-state index contributed by atoms with van der Waals surface area (Å²) in [5.74, 6) is 0.285. The van der Waals surface area contributed by atoms with E-state index in [1.165, 1.54) is 4.90 Å². The number of ketones is 1. The van der Waals surface area contributed by atoms with E-state index >= 15 is 0 Å². The van der Waals surface area contributed by atoms with E-state index in [1.807, 2.05) is 0 Å². The van der Waals surface area contributed by atoms with Gasteiger partial charge in [-0.1, -0.05) is 0 Å². The number of rotatable bonds is 3. The number of hydrogen-bond donors (Lipinski definition) is 0. The molecule has 1 unspecified atom stereocenters. The molecule has 0 saturated heterocycles. The highest BCUT2D eigenvalue weighted by atomic mass is 16.5. The van der Waals surface area contributed by atoms with Crippen molar-refractivity contribution in [3.63, 3.8) is 0 Å². The Labute approximate surface area is 90.6 Å². The number of likely N-dealkylation sites (N-methyl/N-ethyl adjacent to an activating group) is 1. The van der Waals surface area contributed by atoms with Crippen LogP contribution in [-0.4, -0.2) is 42.9 Å². The molecule has 0 N–H and O–H groups in total. The smallest absolute Gasteiger partial charge is 0.250 e. The predicted molar refractivity (Wildman–Crippen MR) is 56.5 cm³/mol. The van der Waals surface area contributed by atoms with Crippen LogP contribution in [0.1, 0.15) is 32.6 Å². The summed E-state index contributed by atoms with van der Waals surface area (Å²) in [4.78, 5) is 24.0. The molecule has 0 spiro atoms. The Morgan fingerprint density at radius 1 is 1.40 bits per heavy atom. The molecular formula is C11H19NO3. The van der Waals surface area contributed by atoms with Crippen molar-refractivity contribution in [1.82, 2.24) is 4.90 Å². The largest absolute Gasteiger partial charge is 0.365 e. The highest BCUT2D eigenvalue weighted by molar-refractivity contribution is 5.80. The highest BCUT2D eigenvalue weighted by Crippen LogP contribution is 2.19. The van der Waals surface area contributed by atoms with Crippen molar-refractivity contribution < 1.29 is 14.3 Å². The lowest BCUT2D eigenvalue weighted by molar-refractivity contribution is -0.145. The lowest BCUT2D eigenvalue weighted by Crippen LogP contribution is -2.37. The Morgan fingerprint density at radius 2 is 1.93 bits per heavy atom. The number of hydrogen-bond acceptors (Lipinski definition) is 3. The van der Waals surface area contributed by atoms with Gasteiger partial charge in [-0.25, -0.2) is 0 Å². The second-order valence-corrected chi connectivity index (χ2v) is 4.25. The molecule has 0 radical (unpaired) electrons. The van der Waals surface area contributed by atoms with E-state index in [0.717, 1.165) is 12.8 Å². The van der Waals surface area contributed by atoms with Crippen LogP contribution in [-0.2, 0) is 14.3 Å². The average molecular weight is 213 g/mol. The third-order valence-corrected chi connectivity index (χ3v) is 2.68.